The van der Waals surface area contributed by atoms with Crippen molar-refractivity contribution in [2.24, 2.45) is 5.84 Å². The van der Waals surface area contributed by atoms with Crippen molar-refractivity contribution in [3.8, 4) is 0 Å². The third-order valence-electron chi connectivity index (χ3n) is 2.85. The number of nitrogen functional groups attached to an aromatic ring is 1. The van der Waals surface area contributed by atoms with Gasteiger partial charge in [-0.2, -0.15) is 0 Å². The molecule has 0 saturated heterocycles. The minimum Gasteiger partial charge on any atom is -0.326 e. The Morgan fingerprint density at radius 1 is 1.47 bits per heavy atom. The minimum absolute atomic E-state index is 0.0577. The van der Waals surface area contributed by atoms with Crippen LogP contribution in [-0.2, 0) is 4.79 Å². The summed E-state index contributed by atoms with van der Waals surface area (Å²) >= 11 is 1.47. The second-order valence-corrected chi connectivity index (χ2v) is 5.49. The number of hydrogen-bond donors (Lipinski definition) is 3. The molecule has 0 aliphatic rings. The number of hydrogen-bond acceptors (Lipinski definition) is 5. The van der Waals surface area contributed by atoms with E-state index < -0.39 is 0 Å². The van der Waals surface area contributed by atoms with Crippen molar-refractivity contribution in [3.63, 3.8) is 0 Å². The van der Waals surface area contributed by atoms with E-state index in [4.69, 9.17) is 5.84 Å². The summed E-state index contributed by atoms with van der Waals surface area (Å²) in [6.07, 6.45) is 2.49. The van der Waals surface area contributed by atoms with Crippen molar-refractivity contribution in [2.75, 3.05) is 10.7 Å². The van der Waals surface area contributed by atoms with Gasteiger partial charge in [0.1, 0.15) is 0 Å². The zero-order chi connectivity index (χ0) is 13.8. The first-order chi connectivity index (χ1) is 9.13. The number of benzene rings is 1. The number of rotatable bonds is 5. The predicted molar refractivity (Wildman–Crippen MR) is 80.3 cm³/mol. The molecule has 4 N–H and O–H groups in total. The quantitative estimate of drug-likeness (QED) is 0.580. The fourth-order valence-electron chi connectivity index (χ4n) is 1.89. The third kappa shape index (κ3) is 3.21. The molecule has 6 heteroatoms. The summed E-state index contributed by atoms with van der Waals surface area (Å²) < 4.78 is 1.01. The summed E-state index contributed by atoms with van der Waals surface area (Å²) in [6, 6.07) is 3.87. The molecule has 0 radical (unpaired) electrons. The van der Waals surface area contributed by atoms with Gasteiger partial charge in [0, 0.05) is 12.1 Å². The minimum atomic E-state index is 0.0577. The molecule has 2 aromatic rings. The molecule has 0 bridgehead atoms. The molecule has 0 atom stereocenters. The number of nitrogens with zero attached hydrogens (tertiary/aromatic N) is 1. The molecule has 102 valence electrons. The van der Waals surface area contributed by atoms with Gasteiger partial charge in [0.25, 0.3) is 0 Å². The van der Waals surface area contributed by atoms with E-state index in [1.807, 2.05) is 19.1 Å². The smallest absolute Gasteiger partial charge is 0.224 e. The van der Waals surface area contributed by atoms with Gasteiger partial charge in [-0.3, -0.25) is 10.2 Å². The lowest BCUT2D eigenvalue weighted by molar-refractivity contribution is -0.116. The maximum Gasteiger partial charge on any atom is 0.224 e. The van der Waals surface area contributed by atoms with Crippen LogP contribution in [0.4, 0.5) is 10.8 Å². The maximum atomic E-state index is 11.7. The van der Waals surface area contributed by atoms with E-state index >= 15 is 0 Å². The molecule has 1 heterocycles. The Morgan fingerprint density at radius 2 is 2.26 bits per heavy atom. The summed E-state index contributed by atoms with van der Waals surface area (Å²) in [7, 11) is 0. The van der Waals surface area contributed by atoms with Gasteiger partial charge in [0.15, 0.2) is 5.13 Å². The first-order valence-corrected chi connectivity index (χ1v) is 7.13. The Bertz CT molecular complexity index is 594. The predicted octanol–water partition coefficient (Wildman–Crippen LogP) is 3.02. The lowest BCUT2D eigenvalue weighted by atomic mass is 10.2. The standard InChI is InChI=1S/C13H18N4OS/c1-3-4-5-11(18)15-9-6-8(2)12-10(7-9)19-13(16-12)17-14/h6-7H,3-5,14H2,1-2H3,(H,15,18)(H,16,17). The van der Waals surface area contributed by atoms with Gasteiger partial charge in [0.05, 0.1) is 10.2 Å². The Labute approximate surface area is 116 Å². The van der Waals surface area contributed by atoms with Crippen LogP contribution >= 0.6 is 11.3 Å². The van der Waals surface area contributed by atoms with Crippen LogP contribution in [0, 0.1) is 6.92 Å². The molecule has 0 unspecified atom stereocenters. The number of carbonyl (C=O) groups is 1. The number of fused-ring (bicyclic) bond motifs is 1. The molecule has 0 fully saturated rings. The molecular formula is C13H18N4OS. The molecule has 0 saturated carbocycles. The Hall–Kier alpha value is -1.66. The van der Waals surface area contributed by atoms with Crippen LogP contribution in [0.1, 0.15) is 31.7 Å². The van der Waals surface area contributed by atoms with Crippen molar-refractivity contribution in [3.05, 3.63) is 17.7 Å². The number of hydrazine groups is 1. The normalized spacial score (nSPS) is 10.7. The van der Waals surface area contributed by atoms with Crippen LogP contribution in [0.15, 0.2) is 12.1 Å². The number of amides is 1. The molecule has 1 aromatic heterocycles. The zero-order valence-corrected chi connectivity index (χ0v) is 11.9. The van der Waals surface area contributed by atoms with E-state index in [9.17, 15) is 4.79 Å². The van der Waals surface area contributed by atoms with Crippen molar-refractivity contribution in [1.29, 1.82) is 0 Å². The first kappa shape index (κ1) is 13.8. The highest BCUT2D eigenvalue weighted by molar-refractivity contribution is 7.22. The summed E-state index contributed by atoms with van der Waals surface area (Å²) in [6.45, 7) is 4.05. The number of carbonyl (C=O) groups excluding carboxylic acids is 1. The molecule has 19 heavy (non-hydrogen) atoms. The molecule has 0 spiro atoms. The summed E-state index contributed by atoms with van der Waals surface area (Å²) in [5.41, 5.74) is 5.32. The van der Waals surface area contributed by atoms with Gasteiger partial charge in [-0.05, 0) is 31.0 Å². The number of nitrogens with one attached hydrogen (secondary N) is 2. The van der Waals surface area contributed by atoms with E-state index in [0.717, 1.165) is 34.3 Å². The van der Waals surface area contributed by atoms with Crippen molar-refractivity contribution in [2.45, 2.75) is 33.1 Å². The lowest BCUT2D eigenvalue weighted by Gasteiger charge is -2.06. The fraction of sp³-hybridized carbons (Fsp3) is 0.385. The van der Waals surface area contributed by atoms with Crippen LogP contribution in [0.2, 0.25) is 0 Å². The summed E-state index contributed by atoms with van der Waals surface area (Å²) in [4.78, 5) is 16.1. The van der Waals surface area contributed by atoms with Crippen LogP contribution in [0.3, 0.4) is 0 Å². The van der Waals surface area contributed by atoms with Crippen molar-refractivity contribution in [1.82, 2.24) is 4.98 Å². The zero-order valence-electron chi connectivity index (χ0n) is 11.1. The monoisotopic (exact) mass is 278 g/mol. The van der Waals surface area contributed by atoms with E-state index in [-0.39, 0.29) is 5.91 Å². The first-order valence-electron chi connectivity index (χ1n) is 6.31. The van der Waals surface area contributed by atoms with E-state index in [1.165, 1.54) is 11.3 Å². The SMILES string of the molecule is CCCCC(=O)Nc1cc(C)c2nc(NN)sc2c1. The van der Waals surface area contributed by atoms with Crippen molar-refractivity contribution >= 4 is 38.3 Å². The third-order valence-corrected chi connectivity index (χ3v) is 3.78. The van der Waals surface area contributed by atoms with Gasteiger partial charge < -0.3 is 5.32 Å². The van der Waals surface area contributed by atoms with Gasteiger partial charge in [-0.15, -0.1) is 0 Å². The molecule has 5 nitrogen and oxygen atoms in total. The number of nitrogens with two attached hydrogens (primary N) is 1. The molecule has 1 amide bonds. The molecule has 1 aromatic carbocycles. The Kier molecular flexibility index (Phi) is 4.34. The van der Waals surface area contributed by atoms with E-state index in [2.05, 4.69) is 22.7 Å². The highest BCUT2D eigenvalue weighted by Crippen LogP contribution is 2.30. The Balaban J connectivity index is 2.22. The van der Waals surface area contributed by atoms with Crippen LogP contribution < -0.4 is 16.6 Å². The van der Waals surface area contributed by atoms with E-state index in [1.54, 1.807) is 0 Å². The van der Waals surface area contributed by atoms with Crippen LogP contribution in [0.5, 0.6) is 0 Å². The highest BCUT2D eigenvalue weighted by Gasteiger charge is 2.09. The number of unbranched alkanes of at least 4 members (excludes halogenated alkanes) is 1. The van der Waals surface area contributed by atoms with Gasteiger partial charge in [-0.1, -0.05) is 24.7 Å². The Morgan fingerprint density at radius 3 is 2.95 bits per heavy atom. The average molecular weight is 278 g/mol. The number of anilines is 2. The van der Waals surface area contributed by atoms with Gasteiger partial charge in [-0.25, -0.2) is 10.8 Å². The summed E-state index contributed by atoms with van der Waals surface area (Å²) in [5.74, 6) is 5.42. The highest BCUT2D eigenvalue weighted by atomic mass is 32.1. The number of aromatic nitrogens is 1. The second-order valence-electron chi connectivity index (χ2n) is 4.45. The second kappa shape index (κ2) is 5.99. The molecule has 0 aliphatic heterocycles. The van der Waals surface area contributed by atoms with Crippen LogP contribution in [-0.4, -0.2) is 10.9 Å². The van der Waals surface area contributed by atoms with Gasteiger partial charge >= 0.3 is 0 Å². The van der Waals surface area contributed by atoms with E-state index in [0.29, 0.717) is 11.6 Å². The topological polar surface area (TPSA) is 80.0 Å². The summed E-state index contributed by atoms with van der Waals surface area (Å²) in [5, 5.41) is 3.60. The maximum absolute atomic E-state index is 11.7. The number of thiazole rings is 1. The molecule has 0 aliphatic carbocycles. The lowest BCUT2D eigenvalue weighted by Crippen LogP contribution is -2.10. The van der Waals surface area contributed by atoms with Crippen LogP contribution in [0.25, 0.3) is 10.2 Å². The largest absolute Gasteiger partial charge is 0.326 e. The molecule has 2 rings (SSSR count). The average Bonchev–Trinajstić information content (AvgIpc) is 2.80. The van der Waals surface area contributed by atoms with Gasteiger partial charge in [0.2, 0.25) is 5.91 Å². The van der Waals surface area contributed by atoms with Crippen molar-refractivity contribution < 1.29 is 4.79 Å². The fourth-order valence-corrected chi connectivity index (χ4v) is 2.78. The molecular weight excluding hydrogens is 260 g/mol. The number of aryl methyl sites for hydroxylation is 1.